The molecule has 0 aromatic carbocycles. The van der Waals surface area contributed by atoms with Crippen molar-refractivity contribution in [3.8, 4) is 0 Å². The molecule has 4 nitrogen and oxygen atoms in total. The van der Waals surface area contributed by atoms with Gasteiger partial charge in [-0.25, -0.2) is 0 Å². The van der Waals surface area contributed by atoms with Crippen molar-refractivity contribution in [1.29, 1.82) is 0 Å². The van der Waals surface area contributed by atoms with Gasteiger partial charge in [0.2, 0.25) is 5.91 Å². The number of hydrogen-bond donors (Lipinski definition) is 2. The van der Waals surface area contributed by atoms with Crippen molar-refractivity contribution in [1.82, 2.24) is 5.32 Å². The molecule has 0 unspecified atom stereocenters. The van der Waals surface area contributed by atoms with Gasteiger partial charge in [0, 0.05) is 18.9 Å². The van der Waals surface area contributed by atoms with Crippen molar-refractivity contribution >= 4 is 11.9 Å². The van der Waals surface area contributed by atoms with Crippen LogP contribution in [-0.4, -0.2) is 29.7 Å². The molecule has 0 aliphatic heterocycles. The number of rotatable bonds is 6. The van der Waals surface area contributed by atoms with E-state index in [0.29, 0.717) is 19.3 Å². The second-order valence-corrected chi connectivity index (χ2v) is 4.91. The summed E-state index contributed by atoms with van der Waals surface area (Å²) in [5.41, 5.74) is 0. The highest BCUT2D eigenvalue weighted by molar-refractivity contribution is 5.80. The summed E-state index contributed by atoms with van der Waals surface area (Å²) in [6.45, 7) is 0.211. The van der Waals surface area contributed by atoms with Gasteiger partial charge < -0.3 is 10.4 Å². The number of carboxylic acids is 1. The highest BCUT2D eigenvalue weighted by atomic mass is 19.4. The molecular weight excluding hydrogens is 263 g/mol. The molecule has 0 aromatic heterocycles. The first kappa shape index (κ1) is 15.8. The molecule has 0 radical (unpaired) electrons. The Morgan fingerprint density at radius 1 is 1.16 bits per heavy atom. The van der Waals surface area contributed by atoms with Gasteiger partial charge in [0.25, 0.3) is 0 Å². The zero-order chi connectivity index (χ0) is 14.5. The fourth-order valence-electron chi connectivity index (χ4n) is 2.25. The lowest BCUT2D eigenvalue weighted by molar-refractivity contribution is -0.141. The van der Waals surface area contributed by atoms with E-state index in [9.17, 15) is 22.8 Å². The normalized spacial score (nSPS) is 23.3. The average Bonchev–Trinajstić information content (AvgIpc) is 2.76. The van der Waals surface area contributed by atoms with Crippen LogP contribution in [0, 0.1) is 11.8 Å². The Labute approximate surface area is 109 Å². The number of carbonyl (C=O) groups excluding carboxylic acids is 1. The van der Waals surface area contributed by atoms with Crippen molar-refractivity contribution in [2.24, 2.45) is 11.8 Å². The van der Waals surface area contributed by atoms with Gasteiger partial charge in [-0.1, -0.05) is 0 Å². The van der Waals surface area contributed by atoms with Crippen LogP contribution in [0.25, 0.3) is 0 Å². The summed E-state index contributed by atoms with van der Waals surface area (Å²) in [6.07, 6.45) is -3.37. The Morgan fingerprint density at radius 2 is 1.79 bits per heavy atom. The molecule has 0 saturated heterocycles. The number of aliphatic carboxylic acids is 1. The lowest BCUT2D eigenvalue weighted by Gasteiger charge is -2.11. The van der Waals surface area contributed by atoms with E-state index in [4.69, 9.17) is 5.11 Å². The number of carboxylic acid groups (broad SMARTS) is 1. The standard InChI is InChI=1S/C12H18F3NO3/c13-12(14,15)5-1-2-6-16-10(17)8-3-4-9(7-8)11(18)19/h8-9H,1-7H2,(H,16,17)(H,18,19)/t8-,9+/m1/s1. The molecule has 7 heteroatoms. The van der Waals surface area contributed by atoms with Crippen LogP contribution >= 0.6 is 0 Å². The summed E-state index contributed by atoms with van der Waals surface area (Å²) in [5, 5.41) is 11.4. The molecule has 0 heterocycles. The van der Waals surface area contributed by atoms with E-state index in [0.717, 1.165) is 0 Å². The maximum absolute atomic E-state index is 11.9. The zero-order valence-corrected chi connectivity index (χ0v) is 10.5. The summed E-state index contributed by atoms with van der Waals surface area (Å²) in [7, 11) is 0. The Morgan fingerprint density at radius 3 is 2.32 bits per heavy atom. The van der Waals surface area contributed by atoms with Crippen LogP contribution in [0.2, 0.25) is 0 Å². The maximum Gasteiger partial charge on any atom is 0.389 e. The van der Waals surface area contributed by atoms with Gasteiger partial charge in [-0.3, -0.25) is 9.59 Å². The topological polar surface area (TPSA) is 66.4 Å². The fourth-order valence-corrected chi connectivity index (χ4v) is 2.25. The average molecular weight is 281 g/mol. The third kappa shape index (κ3) is 5.94. The quantitative estimate of drug-likeness (QED) is 0.734. The summed E-state index contributed by atoms with van der Waals surface area (Å²) in [4.78, 5) is 22.4. The highest BCUT2D eigenvalue weighted by Gasteiger charge is 2.33. The van der Waals surface area contributed by atoms with Gasteiger partial charge in [-0.05, 0) is 32.1 Å². The monoisotopic (exact) mass is 281 g/mol. The van der Waals surface area contributed by atoms with Crippen LogP contribution in [-0.2, 0) is 9.59 Å². The van der Waals surface area contributed by atoms with E-state index in [2.05, 4.69) is 5.32 Å². The predicted octanol–water partition coefficient (Wildman–Crippen LogP) is 2.34. The molecule has 1 saturated carbocycles. The minimum absolute atomic E-state index is 0.00774. The van der Waals surface area contributed by atoms with Gasteiger partial charge in [-0.2, -0.15) is 13.2 Å². The lowest BCUT2D eigenvalue weighted by atomic mass is 10.0. The van der Waals surface area contributed by atoms with Crippen molar-refractivity contribution in [2.75, 3.05) is 6.54 Å². The van der Waals surface area contributed by atoms with Crippen molar-refractivity contribution in [3.05, 3.63) is 0 Å². The number of amides is 1. The third-order valence-electron chi connectivity index (χ3n) is 3.34. The van der Waals surface area contributed by atoms with Gasteiger partial charge in [0.05, 0.1) is 5.92 Å². The summed E-state index contributed by atoms with van der Waals surface area (Å²) >= 11 is 0. The van der Waals surface area contributed by atoms with Crippen molar-refractivity contribution in [3.63, 3.8) is 0 Å². The Balaban J connectivity index is 2.14. The van der Waals surface area contributed by atoms with Gasteiger partial charge in [0.1, 0.15) is 0 Å². The molecule has 1 rings (SSSR count). The maximum atomic E-state index is 11.9. The second-order valence-electron chi connectivity index (χ2n) is 4.91. The summed E-state index contributed by atoms with van der Waals surface area (Å²) in [6, 6.07) is 0. The zero-order valence-electron chi connectivity index (χ0n) is 10.5. The first-order valence-corrected chi connectivity index (χ1v) is 6.37. The van der Waals surface area contributed by atoms with Gasteiger partial charge in [0.15, 0.2) is 0 Å². The number of nitrogens with one attached hydrogen (secondary N) is 1. The number of carbonyl (C=O) groups is 2. The largest absolute Gasteiger partial charge is 0.481 e. The lowest BCUT2D eigenvalue weighted by Crippen LogP contribution is -2.30. The van der Waals surface area contributed by atoms with Crippen LogP contribution in [0.3, 0.4) is 0 Å². The van der Waals surface area contributed by atoms with Gasteiger partial charge >= 0.3 is 12.1 Å². The Kier molecular flexibility index (Phi) is 5.62. The number of alkyl halides is 3. The molecule has 1 aliphatic carbocycles. The number of unbranched alkanes of at least 4 members (excludes halogenated alkanes) is 1. The Hall–Kier alpha value is -1.27. The van der Waals surface area contributed by atoms with E-state index in [1.807, 2.05) is 0 Å². The molecule has 1 aliphatic rings. The SMILES string of the molecule is O=C(O)[C@H]1CC[C@@H](C(=O)NCCCCC(F)(F)F)C1. The molecule has 19 heavy (non-hydrogen) atoms. The second kappa shape index (κ2) is 6.77. The molecule has 0 aromatic rings. The van der Waals surface area contributed by atoms with E-state index in [-0.39, 0.29) is 31.2 Å². The molecule has 1 amide bonds. The van der Waals surface area contributed by atoms with Crippen LogP contribution in [0.5, 0.6) is 0 Å². The molecule has 0 spiro atoms. The molecular formula is C12H18F3NO3. The van der Waals surface area contributed by atoms with E-state index in [1.54, 1.807) is 0 Å². The first-order valence-electron chi connectivity index (χ1n) is 6.37. The highest BCUT2D eigenvalue weighted by Crippen LogP contribution is 2.31. The molecule has 110 valence electrons. The van der Waals surface area contributed by atoms with E-state index < -0.39 is 24.5 Å². The molecule has 1 fully saturated rings. The minimum Gasteiger partial charge on any atom is -0.481 e. The van der Waals surface area contributed by atoms with E-state index in [1.165, 1.54) is 0 Å². The van der Waals surface area contributed by atoms with Crippen LogP contribution in [0.1, 0.15) is 38.5 Å². The molecule has 2 atom stereocenters. The summed E-state index contributed by atoms with van der Waals surface area (Å²) in [5.74, 6) is -1.92. The minimum atomic E-state index is -4.15. The Bertz CT molecular complexity index is 331. The van der Waals surface area contributed by atoms with Crippen LogP contribution in [0.15, 0.2) is 0 Å². The van der Waals surface area contributed by atoms with E-state index >= 15 is 0 Å². The van der Waals surface area contributed by atoms with Crippen molar-refractivity contribution in [2.45, 2.75) is 44.7 Å². The number of hydrogen-bond acceptors (Lipinski definition) is 2. The van der Waals surface area contributed by atoms with Crippen LogP contribution < -0.4 is 5.32 Å². The fraction of sp³-hybridized carbons (Fsp3) is 0.833. The molecule has 0 bridgehead atoms. The molecule has 2 N–H and O–H groups in total. The predicted molar refractivity (Wildman–Crippen MR) is 61.4 cm³/mol. The van der Waals surface area contributed by atoms with Crippen LogP contribution in [0.4, 0.5) is 13.2 Å². The van der Waals surface area contributed by atoms with Crippen molar-refractivity contribution < 1.29 is 27.9 Å². The summed E-state index contributed by atoms with van der Waals surface area (Å²) < 4.78 is 35.6. The number of halogens is 3. The van der Waals surface area contributed by atoms with Gasteiger partial charge in [-0.15, -0.1) is 0 Å². The third-order valence-corrected chi connectivity index (χ3v) is 3.34. The first-order chi connectivity index (χ1) is 8.79. The smallest absolute Gasteiger partial charge is 0.389 e.